The first-order valence-corrected chi connectivity index (χ1v) is 7.25. The van der Waals surface area contributed by atoms with E-state index < -0.39 is 0 Å². The fourth-order valence-corrected chi connectivity index (χ4v) is 2.30. The van der Waals surface area contributed by atoms with Crippen molar-refractivity contribution in [1.82, 2.24) is 15.6 Å². The number of nitrogens with zero attached hydrogens (tertiary/aromatic N) is 1. The Morgan fingerprint density at radius 1 is 1.50 bits per heavy atom. The number of piperidine rings is 1. The number of aryl methyl sites for hydroxylation is 1. The van der Waals surface area contributed by atoms with E-state index in [0.717, 1.165) is 37.2 Å². The molecule has 110 valence electrons. The van der Waals surface area contributed by atoms with Crippen molar-refractivity contribution < 1.29 is 9.53 Å². The molecule has 1 fully saturated rings. The molecule has 2 N–H and O–H groups in total. The summed E-state index contributed by atoms with van der Waals surface area (Å²) in [6, 6.07) is 3.85. The minimum Gasteiger partial charge on any atom is -0.376 e. The number of hydrogen-bond acceptors (Lipinski definition) is 4. The molecule has 2 heterocycles. The van der Waals surface area contributed by atoms with Gasteiger partial charge in [0.1, 0.15) is 0 Å². The number of ether oxygens (including phenoxy) is 1. The Morgan fingerprint density at radius 3 is 3.05 bits per heavy atom. The van der Waals surface area contributed by atoms with Crippen LogP contribution in [0.2, 0.25) is 0 Å². The quantitative estimate of drug-likeness (QED) is 0.756. The van der Waals surface area contributed by atoms with Crippen LogP contribution in [0.4, 0.5) is 0 Å². The predicted octanol–water partition coefficient (Wildman–Crippen LogP) is 0.817. The van der Waals surface area contributed by atoms with E-state index in [1.54, 1.807) is 6.20 Å². The summed E-state index contributed by atoms with van der Waals surface area (Å²) >= 11 is 0. The van der Waals surface area contributed by atoms with Gasteiger partial charge in [-0.25, -0.2) is 0 Å². The summed E-state index contributed by atoms with van der Waals surface area (Å²) in [4.78, 5) is 16.0. The summed E-state index contributed by atoms with van der Waals surface area (Å²) < 4.78 is 5.74. The average Bonchev–Trinajstić information content (AvgIpc) is 2.47. The molecule has 0 atom stereocenters. The molecule has 0 aliphatic carbocycles. The van der Waals surface area contributed by atoms with Crippen molar-refractivity contribution in [3.63, 3.8) is 0 Å². The summed E-state index contributed by atoms with van der Waals surface area (Å²) in [5.41, 5.74) is 1.89. The Labute approximate surface area is 120 Å². The summed E-state index contributed by atoms with van der Waals surface area (Å²) in [6.45, 7) is 5.16. The minimum atomic E-state index is 0.000658. The number of carbonyl (C=O) groups is 1. The van der Waals surface area contributed by atoms with Gasteiger partial charge in [0.25, 0.3) is 0 Å². The SMILES string of the molecule is Cc1cccnc1CC(=O)NCCOC1CCNCC1. The number of rotatable bonds is 6. The van der Waals surface area contributed by atoms with Crippen LogP contribution in [0.15, 0.2) is 18.3 Å². The highest BCUT2D eigenvalue weighted by Crippen LogP contribution is 2.06. The number of pyridine rings is 1. The fraction of sp³-hybridized carbons (Fsp3) is 0.600. The van der Waals surface area contributed by atoms with E-state index in [2.05, 4.69) is 15.6 Å². The molecular weight excluding hydrogens is 254 g/mol. The van der Waals surface area contributed by atoms with Gasteiger partial charge in [-0.3, -0.25) is 9.78 Å². The van der Waals surface area contributed by atoms with Gasteiger partial charge in [-0.05, 0) is 44.5 Å². The van der Waals surface area contributed by atoms with Gasteiger partial charge in [-0.15, -0.1) is 0 Å². The van der Waals surface area contributed by atoms with E-state index in [-0.39, 0.29) is 5.91 Å². The van der Waals surface area contributed by atoms with Gasteiger partial charge in [0, 0.05) is 12.7 Å². The van der Waals surface area contributed by atoms with Crippen LogP contribution >= 0.6 is 0 Å². The molecule has 0 aromatic carbocycles. The molecule has 1 aliphatic rings. The molecule has 1 aromatic heterocycles. The van der Waals surface area contributed by atoms with Crippen molar-refractivity contribution in [3.8, 4) is 0 Å². The molecule has 0 saturated carbocycles. The van der Waals surface area contributed by atoms with Crippen LogP contribution in [0.5, 0.6) is 0 Å². The van der Waals surface area contributed by atoms with Gasteiger partial charge in [0.2, 0.25) is 5.91 Å². The first-order valence-electron chi connectivity index (χ1n) is 7.25. The lowest BCUT2D eigenvalue weighted by Crippen LogP contribution is -2.35. The lowest BCUT2D eigenvalue weighted by molar-refractivity contribution is -0.120. The average molecular weight is 277 g/mol. The van der Waals surface area contributed by atoms with Gasteiger partial charge < -0.3 is 15.4 Å². The Kier molecular flexibility index (Phi) is 5.95. The third kappa shape index (κ3) is 4.90. The summed E-state index contributed by atoms with van der Waals surface area (Å²) in [5.74, 6) is 0.000658. The van der Waals surface area contributed by atoms with Crippen LogP contribution in [0.25, 0.3) is 0 Å². The van der Waals surface area contributed by atoms with Crippen LogP contribution in [0, 0.1) is 6.92 Å². The maximum Gasteiger partial charge on any atom is 0.226 e. The van der Waals surface area contributed by atoms with Gasteiger partial charge in [0.05, 0.1) is 24.8 Å². The number of carbonyl (C=O) groups excluding carboxylic acids is 1. The highest BCUT2D eigenvalue weighted by atomic mass is 16.5. The van der Waals surface area contributed by atoms with Crippen LogP contribution < -0.4 is 10.6 Å². The Morgan fingerprint density at radius 2 is 2.30 bits per heavy atom. The number of nitrogens with one attached hydrogen (secondary N) is 2. The van der Waals surface area contributed by atoms with E-state index in [4.69, 9.17) is 4.74 Å². The maximum absolute atomic E-state index is 11.8. The van der Waals surface area contributed by atoms with E-state index in [1.807, 2.05) is 19.1 Å². The van der Waals surface area contributed by atoms with Gasteiger partial charge in [0.15, 0.2) is 0 Å². The minimum absolute atomic E-state index is 0.000658. The van der Waals surface area contributed by atoms with Crippen molar-refractivity contribution in [3.05, 3.63) is 29.6 Å². The predicted molar refractivity (Wildman–Crippen MR) is 77.5 cm³/mol. The molecule has 5 nitrogen and oxygen atoms in total. The standard InChI is InChI=1S/C15H23N3O2/c1-12-3-2-6-17-14(12)11-15(19)18-9-10-20-13-4-7-16-8-5-13/h2-3,6,13,16H,4-5,7-11H2,1H3,(H,18,19). The largest absolute Gasteiger partial charge is 0.376 e. The normalized spacial score (nSPS) is 16.1. The van der Waals surface area contributed by atoms with Gasteiger partial charge in [-0.1, -0.05) is 6.07 Å². The van der Waals surface area contributed by atoms with Crippen LogP contribution in [0.3, 0.4) is 0 Å². The highest BCUT2D eigenvalue weighted by Gasteiger charge is 2.13. The van der Waals surface area contributed by atoms with Crippen molar-refractivity contribution in [2.45, 2.75) is 32.3 Å². The molecule has 0 spiro atoms. The van der Waals surface area contributed by atoms with Crippen LogP contribution in [0.1, 0.15) is 24.1 Å². The number of amides is 1. The summed E-state index contributed by atoms with van der Waals surface area (Å²) in [7, 11) is 0. The number of hydrogen-bond donors (Lipinski definition) is 2. The highest BCUT2D eigenvalue weighted by molar-refractivity contribution is 5.78. The van der Waals surface area contributed by atoms with E-state index >= 15 is 0 Å². The molecule has 20 heavy (non-hydrogen) atoms. The Balaban J connectivity index is 1.61. The van der Waals surface area contributed by atoms with E-state index in [1.165, 1.54) is 0 Å². The Hall–Kier alpha value is -1.46. The van der Waals surface area contributed by atoms with E-state index in [9.17, 15) is 4.79 Å². The fourth-order valence-electron chi connectivity index (χ4n) is 2.30. The molecule has 1 aliphatic heterocycles. The zero-order valence-corrected chi connectivity index (χ0v) is 12.0. The molecule has 0 bridgehead atoms. The Bertz CT molecular complexity index is 431. The van der Waals surface area contributed by atoms with E-state index in [0.29, 0.717) is 25.7 Å². The number of aromatic nitrogens is 1. The lowest BCUT2D eigenvalue weighted by atomic mass is 10.1. The molecule has 5 heteroatoms. The summed E-state index contributed by atoms with van der Waals surface area (Å²) in [6.07, 6.45) is 4.50. The third-order valence-electron chi connectivity index (χ3n) is 3.51. The van der Waals surface area contributed by atoms with Crippen molar-refractivity contribution in [1.29, 1.82) is 0 Å². The second kappa shape index (κ2) is 7.97. The molecule has 1 amide bonds. The molecule has 1 saturated heterocycles. The maximum atomic E-state index is 11.8. The molecule has 2 rings (SSSR count). The van der Waals surface area contributed by atoms with Gasteiger partial charge >= 0.3 is 0 Å². The molecule has 0 radical (unpaired) electrons. The molecular formula is C15H23N3O2. The topological polar surface area (TPSA) is 63.2 Å². The first-order chi connectivity index (χ1) is 9.75. The molecule has 0 unspecified atom stereocenters. The van der Waals surface area contributed by atoms with Crippen LogP contribution in [-0.4, -0.2) is 43.2 Å². The lowest BCUT2D eigenvalue weighted by Gasteiger charge is -2.22. The molecule has 1 aromatic rings. The smallest absolute Gasteiger partial charge is 0.226 e. The third-order valence-corrected chi connectivity index (χ3v) is 3.51. The van der Waals surface area contributed by atoms with Crippen molar-refractivity contribution >= 4 is 5.91 Å². The summed E-state index contributed by atoms with van der Waals surface area (Å²) in [5, 5.41) is 6.18. The second-order valence-electron chi connectivity index (χ2n) is 5.11. The first kappa shape index (κ1) is 14.9. The van der Waals surface area contributed by atoms with Crippen molar-refractivity contribution in [2.24, 2.45) is 0 Å². The van der Waals surface area contributed by atoms with Gasteiger partial charge in [-0.2, -0.15) is 0 Å². The van der Waals surface area contributed by atoms with Crippen molar-refractivity contribution in [2.75, 3.05) is 26.2 Å². The monoisotopic (exact) mass is 277 g/mol. The zero-order chi connectivity index (χ0) is 14.2. The zero-order valence-electron chi connectivity index (χ0n) is 12.0. The van der Waals surface area contributed by atoms with Crippen LogP contribution in [-0.2, 0) is 16.0 Å². The second-order valence-corrected chi connectivity index (χ2v) is 5.11.